The maximum atomic E-state index is 10.6. The molecule has 0 spiro atoms. The van der Waals surface area contributed by atoms with Gasteiger partial charge in [0.2, 0.25) is 0 Å². The molecule has 0 atom stereocenters. The van der Waals surface area contributed by atoms with E-state index in [9.17, 15) is 4.79 Å². The Balaban J connectivity index is 2.23. The molecule has 0 aliphatic heterocycles. The quantitative estimate of drug-likeness (QED) is 0.717. The van der Waals surface area contributed by atoms with Crippen molar-refractivity contribution < 1.29 is 4.79 Å². The predicted molar refractivity (Wildman–Crippen MR) is 54.5 cm³/mol. The minimum absolute atomic E-state index is 0.457. The normalized spacial score (nSPS) is 10.0. The first-order valence-corrected chi connectivity index (χ1v) is 4.98. The lowest BCUT2D eigenvalue weighted by Gasteiger charge is -1.96. The van der Waals surface area contributed by atoms with Gasteiger partial charge >= 0.3 is 0 Å². The number of hydrogen-bond donors (Lipinski definition) is 0. The zero-order chi connectivity index (χ0) is 9.80. The van der Waals surface area contributed by atoms with Crippen molar-refractivity contribution >= 4 is 17.8 Å². The van der Waals surface area contributed by atoms with E-state index in [1.165, 1.54) is 17.1 Å². The summed E-state index contributed by atoms with van der Waals surface area (Å²) in [6.45, 7) is 0. The van der Waals surface area contributed by atoms with Gasteiger partial charge in [-0.2, -0.15) is 0 Å². The lowest BCUT2D eigenvalue weighted by molar-refractivity contribution is 0.111. The summed E-state index contributed by atoms with van der Waals surface area (Å²) in [6, 6.07) is 9.96. The summed E-state index contributed by atoms with van der Waals surface area (Å²) in [5.41, 5.74) is 1.63. The second kappa shape index (κ2) is 4.11. The fourth-order valence-corrected chi connectivity index (χ4v) is 1.85. The standard InChI is InChI=1S/C10H8N2OS/c13-7-9-10(14-12-11-9)6-8-4-2-1-3-5-8/h1-5,7H,6H2. The lowest BCUT2D eigenvalue weighted by Crippen LogP contribution is -1.90. The van der Waals surface area contributed by atoms with Gasteiger partial charge in [-0.15, -0.1) is 5.10 Å². The van der Waals surface area contributed by atoms with E-state index in [4.69, 9.17) is 0 Å². The SMILES string of the molecule is O=Cc1nnsc1Cc1ccccc1. The molecule has 14 heavy (non-hydrogen) atoms. The average molecular weight is 204 g/mol. The molecule has 0 saturated carbocycles. The Bertz CT molecular complexity index is 425. The molecule has 0 amide bonds. The number of aromatic nitrogens is 2. The van der Waals surface area contributed by atoms with Crippen LogP contribution in [0.5, 0.6) is 0 Å². The third kappa shape index (κ3) is 1.85. The van der Waals surface area contributed by atoms with Crippen molar-refractivity contribution in [2.75, 3.05) is 0 Å². The van der Waals surface area contributed by atoms with Crippen molar-refractivity contribution in [1.29, 1.82) is 0 Å². The maximum absolute atomic E-state index is 10.6. The summed E-state index contributed by atoms with van der Waals surface area (Å²) in [4.78, 5) is 11.5. The van der Waals surface area contributed by atoms with Crippen LogP contribution in [0.2, 0.25) is 0 Å². The van der Waals surface area contributed by atoms with Crippen LogP contribution in [-0.4, -0.2) is 15.9 Å². The molecule has 0 bridgehead atoms. The Morgan fingerprint density at radius 1 is 1.29 bits per heavy atom. The summed E-state index contributed by atoms with van der Waals surface area (Å²) >= 11 is 1.28. The summed E-state index contributed by atoms with van der Waals surface area (Å²) in [5, 5.41) is 3.73. The van der Waals surface area contributed by atoms with Crippen molar-refractivity contribution in [3.8, 4) is 0 Å². The third-order valence-electron chi connectivity index (χ3n) is 1.90. The Hall–Kier alpha value is -1.55. The monoisotopic (exact) mass is 204 g/mol. The predicted octanol–water partition coefficient (Wildman–Crippen LogP) is 1.94. The molecule has 0 fully saturated rings. The van der Waals surface area contributed by atoms with Crippen molar-refractivity contribution in [3.63, 3.8) is 0 Å². The van der Waals surface area contributed by atoms with Crippen LogP contribution in [0, 0.1) is 0 Å². The van der Waals surface area contributed by atoms with E-state index in [0.29, 0.717) is 5.69 Å². The van der Waals surface area contributed by atoms with Crippen LogP contribution in [0.1, 0.15) is 20.9 Å². The lowest BCUT2D eigenvalue weighted by atomic mass is 10.1. The fourth-order valence-electron chi connectivity index (χ4n) is 1.21. The Morgan fingerprint density at radius 3 is 2.79 bits per heavy atom. The molecule has 0 aliphatic carbocycles. The molecule has 1 aromatic heterocycles. The highest BCUT2D eigenvalue weighted by atomic mass is 32.1. The van der Waals surface area contributed by atoms with Crippen LogP contribution in [0.15, 0.2) is 30.3 Å². The molecule has 4 heteroatoms. The highest BCUT2D eigenvalue weighted by Gasteiger charge is 2.06. The number of carbonyl (C=O) groups excluding carboxylic acids is 1. The molecular weight excluding hydrogens is 196 g/mol. The molecular formula is C10H8N2OS. The van der Waals surface area contributed by atoms with Crippen molar-refractivity contribution in [2.45, 2.75) is 6.42 Å². The van der Waals surface area contributed by atoms with Gasteiger partial charge in [-0.3, -0.25) is 4.79 Å². The number of aldehydes is 1. The van der Waals surface area contributed by atoms with Crippen LogP contribution in [-0.2, 0) is 6.42 Å². The molecule has 2 aromatic rings. The van der Waals surface area contributed by atoms with Crippen LogP contribution in [0.25, 0.3) is 0 Å². The first-order chi connectivity index (χ1) is 6.90. The fraction of sp³-hybridized carbons (Fsp3) is 0.100. The number of hydrogen-bond acceptors (Lipinski definition) is 4. The topological polar surface area (TPSA) is 42.9 Å². The zero-order valence-electron chi connectivity index (χ0n) is 7.38. The minimum atomic E-state index is 0.457. The summed E-state index contributed by atoms with van der Waals surface area (Å²) < 4.78 is 3.75. The van der Waals surface area contributed by atoms with E-state index >= 15 is 0 Å². The van der Waals surface area contributed by atoms with Gasteiger partial charge in [-0.25, -0.2) is 0 Å². The van der Waals surface area contributed by atoms with E-state index in [0.717, 1.165) is 17.6 Å². The van der Waals surface area contributed by atoms with Gasteiger partial charge in [-0.1, -0.05) is 34.8 Å². The minimum Gasteiger partial charge on any atom is -0.296 e. The number of carbonyl (C=O) groups is 1. The van der Waals surface area contributed by atoms with Gasteiger partial charge < -0.3 is 0 Å². The van der Waals surface area contributed by atoms with E-state index in [2.05, 4.69) is 9.59 Å². The summed E-state index contributed by atoms with van der Waals surface area (Å²) in [6.07, 6.45) is 1.48. The van der Waals surface area contributed by atoms with Crippen LogP contribution >= 0.6 is 11.5 Å². The van der Waals surface area contributed by atoms with Gasteiger partial charge in [0.1, 0.15) is 5.69 Å². The number of benzene rings is 1. The maximum Gasteiger partial charge on any atom is 0.171 e. The van der Waals surface area contributed by atoms with Crippen molar-refractivity contribution in [3.05, 3.63) is 46.5 Å². The van der Waals surface area contributed by atoms with Crippen LogP contribution < -0.4 is 0 Å². The first kappa shape index (κ1) is 9.02. The van der Waals surface area contributed by atoms with E-state index < -0.39 is 0 Å². The van der Waals surface area contributed by atoms with Gasteiger partial charge in [0.25, 0.3) is 0 Å². The molecule has 1 aromatic carbocycles. The molecule has 1 heterocycles. The van der Waals surface area contributed by atoms with E-state index in [1.54, 1.807) is 0 Å². The highest BCUT2D eigenvalue weighted by Crippen LogP contribution is 2.14. The summed E-state index contributed by atoms with van der Waals surface area (Å²) in [5.74, 6) is 0. The molecule has 70 valence electrons. The van der Waals surface area contributed by atoms with Gasteiger partial charge in [0, 0.05) is 6.42 Å². The molecule has 0 unspecified atom stereocenters. The molecule has 2 rings (SSSR count). The molecule has 0 radical (unpaired) electrons. The number of rotatable bonds is 3. The Kier molecular flexibility index (Phi) is 2.65. The van der Waals surface area contributed by atoms with Crippen molar-refractivity contribution in [1.82, 2.24) is 9.59 Å². The number of nitrogens with zero attached hydrogens (tertiary/aromatic N) is 2. The molecule has 0 aliphatic rings. The molecule has 0 saturated heterocycles. The Morgan fingerprint density at radius 2 is 2.07 bits per heavy atom. The molecule has 0 N–H and O–H groups in total. The van der Waals surface area contributed by atoms with Crippen LogP contribution in [0.4, 0.5) is 0 Å². The average Bonchev–Trinajstić information content (AvgIpc) is 2.67. The van der Waals surface area contributed by atoms with Crippen molar-refractivity contribution in [2.24, 2.45) is 0 Å². The van der Waals surface area contributed by atoms with E-state index in [1.807, 2.05) is 30.3 Å². The largest absolute Gasteiger partial charge is 0.296 e. The van der Waals surface area contributed by atoms with Gasteiger partial charge in [0.15, 0.2) is 6.29 Å². The Labute approximate surface area is 85.6 Å². The summed E-state index contributed by atoms with van der Waals surface area (Å²) in [7, 11) is 0. The third-order valence-corrected chi connectivity index (χ3v) is 2.64. The van der Waals surface area contributed by atoms with Crippen LogP contribution in [0.3, 0.4) is 0 Å². The molecule has 3 nitrogen and oxygen atoms in total. The first-order valence-electron chi connectivity index (χ1n) is 4.20. The van der Waals surface area contributed by atoms with Gasteiger partial charge in [-0.05, 0) is 17.1 Å². The highest BCUT2D eigenvalue weighted by molar-refractivity contribution is 7.05. The zero-order valence-corrected chi connectivity index (χ0v) is 8.20. The van der Waals surface area contributed by atoms with Gasteiger partial charge in [0.05, 0.1) is 4.88 Å². The smallest absolute Gasteiger partial charge is 0.171 e. The van der Waals surface area contributed by atoms with E-state index in [-0.39, 0.29) is 0 Å². The second-order valence-electron chi connectivity index (χ2n) is 2.86. The second-order valence-corrected chi connectivity index (χ2v) is 3.70.